The number of anilines is 1. The Labute approximate surface area is 86.5 Å². The summed E-state index contributed by atoms with van der Waals surface area (Å²) in [6, 6.07) is 4.29. The maximum atomic E-state index is 12.5. The second-order valence-electron chi connectivity index (χ2n) is 2.67. The van der Waals surface area contributed by atoms with Gasteiger partial charge in [-0.05, 0) is 24.3 Å². The zero-order valence-corrected chi connectivity index (χ0v) is 8.64. The summed E-state index contributed by atoms with van der Waals surface area (Å²) in [5.74, 6) is 0. The fourth-order valence-corrected chi connectivity index (χ4v) is 1.36. The summed E-state index contributed by atoms with van der Waals surface area (Å²) in [5, 5.41) is 4.72. The molecule has 0 aliphatic carbocycles. The number of hydrogen-bond acceptors (Lipinski definition) is 3. The van der Waals surface area contributed by atoms with Gasteiger partial charge in [-0.3, -0.25) is 0 Å². The van der Waals surface area contributed by atoms with Gasteiger partial charge < -0.3 is 10.6 Å². The van der Waals surface area contributed by atoms with Crippen LogP contribution in [0, 0.1) is 0 Å². The van der Waals surface area contributed by atoms with Crippen LogP contribution < -0.4 is 10.6 Å². The molecule has 0 saturated heterocycles. The van der Waals surface area contributed by atoms with Gasteiger partial charge in [0.25, 0.3) is 0 Å². The van der Waals surface area contributed by atoms with Crippen LogP contribution in [0.2, 0.25) is 0 Å². The van der Waals surface area contributed by atoms with Crippen LogP contribution in [0.15, 0.2) is 29.2 Å². The Kier molecular flexibility index (Phi) is 3.25. The van der Waals surface area contributed by atoms with Crippen LogP contribution in [-0.4, -0.2) is 21.5 Å². The molecule has 7 heteroatoms. The summed E-state index contributed by atoms with van der Waals surface area (Å²) >= 11 is 0. The van der Waals surface area contributed by atoms with Crippen LogP contribution >= 0.6 is 0 Å². The molecule has 0 saturated carbocycles. The molecule has 0 heterocycles. The largest absolute Gasteiger partial charge is 0.341 e. The molecular formula is C8H9FN2O3S. The predicted octanol–water partition coefficient (Wildman–Crippen LogP) is 1.10. The molecule has 0 fully saturated rings. The fourth-order valence-electron chi connectivity index (χ4n) is 0.894. The minimum absolute atomic E-state index is 0.377. The number of carbonyl (C=O) groups excluding carboxylic acids is 1. The predicted molar refractivity (Wildman–Crippen MR) is 52.8 cm³/mol. The number of halogens is 1. The van der Waals surface area contributed by atoms with Crippen LogP contribution in [-0.2, 0) is 10.2 Å². The Bertz CT molecular complexity index is 455. The van der Waals surface area contributed by atoms with Gasteiger partial charge >= 0.3 is 16.3 Å². The maximum absolute atomic E-state index is 12.5. The second-order valence-corrected chi connectivity index (χ2v) is 4.01. The van der Waals surface area contributed by atoms with Gasteiger partial charge in [0.15, 0.2) is 0 Å². The highest BCUT2D eigenvalue weighted by Gasteiger charge is 2.10. The lowest BCUT2D eigenvalue weighted by atomic mass is 10.3. The van der Waals surface area contributed by atoms with Crippen molar-refractivity contribution in [2.24, 2.45) is 0 Å². The Morgan fingerprint density at radius 1 is 1.27 bits per heavy atom. The molecule has 1 rings (SSSR count). The second kappa shape index (κ2) is 4.26. The van der Waals surface area contributed by atoms with Crippen LogP contribution in [0.3, 0.4) is 0 Å². The van der Waals surface area contributed by atoms with E-state index in [0.717, 1.165) is 12.1 Å². The van der Waals surface area contributed by atoms with Crippen molar-refractivity contribution in [3.05, 3.63) is 24.3 Å². The molecule has 5 nitrogen and oxygen atoms in total. The van der Waals surface area contributed by atoms with E-state index in [0.29, 0.717) is 5.69 Å². The van der Waals surface area contributed by atoms with Crippen molar-refractivity contribution in [1.82, 2.24) is 5.32 Å². The molecule has 0 aromatic heterocycles. The minimum atomic E-state index is -4.68. The molecule has 15 heavy (non-hydrogen) atoms. The molecule has 2 N–H and O–H groups in total. The topological polar surface area (TPSA) is 75.3 Å². The number of urea groups is 1. The first kappa shape index (κ1) is 11.4. The van der Waals surface area contributed by atoms with E-state index in [9.17, 15) is 17.1 Å². The Morgan fingerprint density at radius 3 is 2.20 bits per heavy atom. The monoisotopic (exact) mass is 232 g/mol. The summed E-state index contributed by atoms with van der Waals surface area (Å²) in [6.07, 6.45) is 0. The van der Waals surface area contributed by atoms with Gasteiger partial charge in [-0.25, -0.2) is 4.79 Å². The molecule has 0 bridgehead atoms. The number of carbonyl (C=O) groups is 1. The van der Waals surface area contributed by atoms with Gasteiger partial charge in [-0.1, -0.05) is 0 Å². The average molecular weight is 232 g/mol. The lowest BCUT2D eigenvalue weighted by Crippen LogP contribution is -2.24. The molecule has 0 radical (unpaired) electrons. The van der Waals surface area contributed by atoms with Gasteiger partial charge in [0.05, 0.1) is 4.90 Å². The van der Waals surface area contributed by atoms with Crippen molar-refractivity contribution in [2.75, 3.05) is 12.4 Å². The van der Waals surface area contributed by atoms with Crippen LogP contribution in [0.1, 0.15) is 0 Å². The molecule has 0 atom stereocenters. The van der Waals surface area contributed by atoms with E-state index in [1.807, 2.05) is 0 Å². The molecule has 82 valence electrons. The number of amides is 2. The highest BCUT2D eigenvalue weighted by molar-refractivity contribution is 7.86. The third-order valence-corrected chi connectivity index (χ3v) is 2.46. The van der Waals surface area contributed by atoms with E-state index in [2.05, 4.69) is 10.6 Å². The maximum Gasteiger partial charge on any atom is 0.332 e. The number of nitrogens with one attached hydrogen (secondary N) is 2. The molecular weight excluding hydrogens is 223 g/mol. The van der Waals surface area contributed by atoms with Crippen molar-refractivity contribution in [3.63, 3.8) is 0 Å². The van der Waals surface area contributed by atoms with Crippen molar-refractivity contribution >= 4 is 21.9 Å². The Hall–Kier alpha value is -1.63. The van der Waals surface area contributed by atoms with E-state index in [1.165, 1.54) is 19.2 Å². The van der Waals surface area contributed by atoms with Crippen LogP contribution in [0.25, 0.3) is 0 Å². The summed E-state index contributed by atoms with van der Waals surface area (Å²) < 4.78 is 33.4. The minimum Gasteiger partial charge on any atom is -0.341 e. The fraction of sp³-hybridized carbons (Fsp3) is 0.125. The SMILES string of the molecule is CNC(=O)Nc1ccc(S(=O)(=O)F)cc1. The van der Waals surface area contributed by atoms with E-state index in [4.69, 9.17) is 0 Å². The normalized spacial score (nSPS) is 10.8. The zero-order valence-electron chi connectivity index (χ0n) is 7.82. The molecule has 0 aliphatic rings. The summed E-state index contributed by atoms with van der Waals surface area (Å²) in [5.41, 5.74) is 0.377. The average Bonchev–Trinajstić information content (AvgIpc) is 2.17. The molecule has 2 amide bonds. The van der Waals surface area contributed by atoms with Gasteiger partial charge in [-0.2, -0.15) is 8.42 Å². The van der Waals surface area contributed by atoms with Crippen molar-refractivity contribution in [3.8, 4) is 0 Å². The van der Waals surface area contributed by atoms with Crippen molar-refractivity contribution in [1.29, 1.82) is 0 Å². The molecule has 0 unspecified atom stereocenters. The van der Waals surface area contributed by atoms with Gasteiger partial charge in [0, 0.05) is 12.7 Å². The lowest BCUT2D eigenvalue weighted by molar-refractivity contribution is 0.254. The van der Waals surface area contributed by atoms with E-state index in [1.54, 1.807) is 0 Å². The summed E-state index contributed by atoms with van der Waals surface area (Å²) in [7, 11) is -3.24. The van der Waals surface area contributed by atoms with E-state index in [-0.39, 0.29) is 0 Å². The third kappa shape index (κ3) is 3.21. The van der Waals surface area contributed by atoms with Crippen molar-refractivity contribution < 1.29 is 17.1 Å². The molecule has 0 spiro atoms. The van der Waals surface area contributed by atoms with Gasteiger partial charge in [-0.15, -0.1) is 3.89 Å². The lowest BCUT2D eigenvalue weighted by Gasteiger charge is -2.03. The highest BCUT2D eigenvalue weighted by Crippen LogP contribution is 2.15. The quantitative estimate of drug-likeness (QED) is 0.749. The summed E-state index contributed by atoms with van der Waals surface area (Å²) in [4.78, 5) is 10.4. The standard InChI is InChI=1S/C8H9FN2O3S/c1-10-8(12)11-6-2-4-7(5-3-6)15(9,13)14/h2-5H,1H3,(H2,10,11,12). The summed E-state index contributed by atoms with van der Waals surface area (Å²) in [6.45, 7) is 0. The first-order valence-corrected chi connectivity index (χ1v) is 5.35. The third-order valence-electron chi connectivity index (χ3n) is 1.62. The molecule has 1 aromatic rings. The van der Waals surface area contributed by atoms with Crippen LogP contribution in [0.5, 0.6) is 0 Å². The van der Waals surface area contributed by atoms with E-state index < -0.39 is 21.1 Å². The van der Waals surface area contributed by atoms with Gasteiger partial charge in [0.1, 0.15) is 0 Å². The van der Waals surface area contributed by atoms with Crippen molar-refractivity contribution in [2.45, 2.75) is 4.90 Å². The number of benzene rings is 1. The highest BCUT2D eigenvalue weighted by atomic mass is 32.3. The number of hydrogen-bond donors (Lipinski definition) is 2. The first-order valence-electron chi connectivity index (χ1n) is 3.97. The Balaban J connectivity index is 2.86. The molecule has 1 aromatic carbocycles. The molecule has 0 aliphatic heterocycles. The Morgan fingerprint density at radius 2 is 1.80 bits per heavy atom. The number of rotatable bonds is 2. The first-order chi connectivity index (χ1) is 6.93. The van der Waals surface area contributed by atoms with Gasteiger partial charge in [0.2, 0.25) is 0 Å². The van der Waals surface area contributed by atoms with Crippen LogP contribution in [0.4, 0.5) is 14.4 Å². The zero-order chi connectivity index (χ0) is 11.5. The smallest absolute Gasteiger partial charge is 0.332 e. The van der Waals surface area contributed by atoms with E-state index >= 15 is 0 Å².